The van der Waals surface area contributed by atoms with E-state index >= 15 is 0 Å². The molecule has 0 amide bonds. The third-order valence-electron chi connectivity index (χ3n) is 3.43. The van der Waals surface area contributed by atoms with Crippen LogP contribution in [0.2, 0.25) is 5.15 Å². The molecule has 1 fully saturated rings. The number of nitrogens with zero attached hydrogens (tertiary/aromatic N) is 3. The Morgan fingerprint density at radius 1 is 1.21 bits per heavy atom. The Balaban J connectivity index is 1.95. The second kappa shape index (κ2) is 5.05. The van der Waals surface area contributed by atoms with Crippen molar-refractivity contribution in [3.05, 3.63) is 47.1 Å². The normalized spacial score (nSPS) is 18.8. The quantitative estimate of drug-likeness (QED) is 0.855. The highest BCUT2D eigenvalue weighted by Gasteiger charge is 2.27. The molecule has 5 heteroatoms. The zero-order valence-electron chi connectivity index (χ0n) is 10.5. The van der Waals surface area contributed by atoms with E-state index in [9.17, 15) is 0 Å². The molecule has 1 unspecified atom stereocenters. The molecule has 2 aromatic rings. The number of halogens is 1. The third-order valence-corrected chi connectivity index (χ3v) is 3.62. The Hall–Kier alpha value is -1.81. The smallest absolute Gasteiger partial charge is 0.223 e. The van der Waals surface area contributed by atoms with Crippen molar-refractivity contribution < 1.29 is 0 Å². The van der Waals surface area contributed by atoms with Crippen molar-refractivity contribution in [2.24, 2.45) is 0 Å². The monoisotopic (exact) mass is 274 g/mol. The number of nitrogen functional groups attached to an aromatic ring is 1. The van der Waals surface area contributed by atoms with Crippen LogP contribution in [0.15, 0.2) is 36.4 Å². The second-order valence-electron chi connectivity index (χ2n) is 4.67. The molecule has 1 aromatic carbocycles. The van der Waals surface area contributed by atoms with Gasteiger partial charge in [0, 0.05) is 12.6 Å². The molecule has 4 nitrogen and oxygen atoms in total. The van der Waals surface area contributed by atoms with Gasteiger partial charge >= 0.3 is 0 Å². The van der Waals surface area contributed by atoms with Gasteiger partial charge in [0.2, 0.25) is 5.95 Å². The summed E-state index contributed by atoms with van der Waals surface area (Å²) in [6, 6.07) is 12.6. The lowest BCUT2D eigenvalue weighted by molar-refractivity contribution is 0.711. The van der Waals surface area contributed by atoms with Gasteiger partial charge < -0.3 is 10.6 Å². The first-order valence-corrected chi connectivity index (χ1v) is 6.73. The van der Waals surface area contributed by atoms with Crippen molar-refractivity contribution in [1.82, 2.24) is 9.97 Å². The van der Waals surface area contributed by atoms with Gasteiger partial charge in [0.15, 0.2) is 0 Å². The van der Waals surface area contributed by atoms with Gasteiger partial charge in [-0.3, -0.25) is 0 Å². The van der Waals surface area contributed by atoms with Gasteiger partial charge in [0.1, 0.15) is 11.0 Å². The van der Waals surface area contributed by atoms with Crippen LogP contribution in [0.5, 0.6) is 0 Å². The van der Waals surface area contributed by atoms with E-state index in [0.717, 1.165) is 25.2 Å². The fraction of sp³-hybridized carbons (Fsp3) is 0.286. The van der Waals surface area contributed by atoms with Crippen LogP contribution in [-0.2, 0) is 0 Å². The summed E-state index contributed by atoms with van der Waals surface area (Å²) in [5.41, 5.74) is 6.98. The molecule has 1 saturated heterocycles. The van der Waals surface area contributed by atoms with E-state index in [1.807, 2.05) is 6.07 Å². The summed E-state index contributed by atoms with van der Waals surface area (Å²) in [4.78, 5) is 10.5. The standard InChI is InChI=1S/C14H15ClN4/c15-12-9-13(18-14(16)17-12)19-8-4-7-11(19)10-5-2-1-3-6-10/h1-3,5-6,9,11H,4,7-8H2,(H2,16,17,18). The molecule has 3 rings (SSSR count). The summed E-state index contributed by atoms with van der Waals surface area (Å²) in [5.74, 6) is 1.03. The maximum Gasteiger partial charge on any atom is 0.223 e. The Morgan fingerprint density at radius 2 is 2.00 bits per heavy atom. The van der Waals surface area contributed by atoms with E-state index in [0.29, 0.717) is 11.2 Å². The number of rotatable bonds is 2. The van der Waals surface area contributed by atoms with Crippen LogP contribution in [0.4, 0.5) is 11.8 Å². The van der Waals surface area contributed by atoms with Crippen LogP contribution < -0.4 is 10.6 Å². The predicted octanol–water partition coefficient (Wildman–Crippen LogP) is 3.05. The first-order chi connectivity index (χ1) is 9.24. The maximum absolute atomic E-state index is 5.96. The van der Waals surface area contributed by atoms with Gasteiger partial charge in [0.25, 0.3) is 0 Å². The summed E-state index contributed by atoms with van der Waals surface area (Å²) in [7, 11) is 0. The minimum absolute atomic E-state index is 0.223. The first kappa shape index (κ1) is 12.2. The summed E-state index contributed by atoms with van der Waals surface area (Å²) in [5, 5.41) is 0.390. The van der Waals surface area contributed by atoms with Crippen molar-refractivity contribution in [2.75, 3.05) is 17.2 Å². The molecule has 1 aliphatic heterocycles. The van der Waals surface area contributed by atoms with Crippen molar-refractivity contribution in [3.63, 3.8) is 0 Å². The lowest BCUT2D eigenvalue weighted by Gasteiger charge is -2.26. The van der Waals surface area contributed by atoms with Crippen molar-refractivity contribution in [1.29, 1.82) is 0 Å². The molecule has 0 radical (unpaired) electrons. The molecule has 2 N–H and O–H groups in total. The lowest BCUT2D eigenvalue weighted by Crippen LogP contribution is -2.24. The highest BCUT2D eigenvalue weighted by atomic mass is 35.5. The number of hydrogen-bond donors (Lipinski definition) is 1. The lowest BCUT2D eigenvalue weighted by atomic mass is 10.0. The van der Waals surface area contributed by atoms with E-state index in [-0.39, 0.29) is 5.95 Å². The topological polar surface area (TPSA) is 55.0 Å². The molecular weight excluding hydrogens is 260 g/mol. The number of hydrogen-bond acceptors (Lipinski definition) is 4. The zero-order chi connectivity index (χ0) is 13.2. The van der Waals surface area contributed by atoms with E-state index < -0.39 is 0 Å². The molecule has 19 heavy (non-hydrogen) atoms. The minimum atomic E-state index is 0.223. The van der Waals surface area contributed by atoms with Crippen LogP contribution in [0.3, 0.4) is 0 Å². The van der Waals surface area contributed by atoms with Crippen LogP contribution in [-0.4, -0.2) is 16.5 Å². The molecule has 1 aliphatic rings. The molecule has 1 atom stereocenters. The van der Waals surface area contributed by atoms with Gasteiger partial charge in [-0.2, -0.15) is 4.98 Å². The molecule has 0 spiro atoms. The van der Waals surface area contributed by atoms with Crippen molar-refractivity contribution >= 4 is 23.4 Å². The minimum Gasteiger partial charge on any atom is -0.368 e. The summed E-state index contributed by atoms with van der Waals surface area (Å²) in [6.45, 7) is 0.965. The highest BCUT2D eigenvalue weighted by molar-refractivity contribution is 6.29. The number of aromatic nitrogens is 2. The van der Waals surface area contributed by atoms with E-state index in [1.165, 1.54) is 5.56 Å². The van der Waals surface area contributed by atoms with E-state index in [2.05, 4.69) is 39.1 Å². The predicted molar refractivity (Wildman–Crippen MR) is 77.2 cm³/mol. The molecule has 0 saturated carbocycles. The Bertz CT molecular complexity index is 553. The van der Waals surface area contributed by atoms with Gasteiger partial charge in [-0.05, 0) is 18.4 Å². The van der Waals surface area contributed by atoms with Crippen LogP contribution in [0.25, 0.3) is 0 Å². The summed E-state index contributed by atoms with van der Waals surface area (Å²) < 4.78 is 0. The molecule has 0 bridgehead atoms. The maximum atomic E-state index is 5.96. The number of anilines is 2. The molecular formula is C14H15ClN4. The molecule has 2 heterocycles. The van der Waals surface area contributed by atoms with E-state index in [4.69, 9.17) is 17.3 Å². The average molecular weight is 275 g/mol. The van der Waals surface area contributed by atoms with Crippen molar-refractivity contribution in [3.8, 4) is 0 Å². The molecule has 0 aliphatic carbocycles. The Kier molecular flexibility index (Phi) is 3.25. The first-order valence-electron chi connectivity index (χ1n) is 6.36. The fourth-order valence-corrected chi connectivity index (χ4v) is 2.82. The molecule has 1 aromatic heterocycles. The van der Waals surface area contributed by atoms with Crippen LogP contribution in [0.1, 0.15) is 24.4 Å². The highest BCUT2D eigenvalue weighted by Crippen LogP contribution is 2.35. The van der Waals surface area contributed by atoms with Gasteiger partial charge in [0.05, 0.1) is 6.04 Å². The van der Waals surface area contributed by atoms with Gasteiger partial charge in [-0.25, -0.2) is 4.98 Å². The van der Waals surface area contributed by atoms with Crippen molar-refractivity contribution in [2.45, 2.75) is 18.9 Å². The third kappa shape index (κ3) is 2.49. The SMILES string of the molecule is Nc1nc(Cl)cc(N2CCCC2c2ccccc2)n1. The largest absolute Gasteiger partial charge is 0.368 e. The molecule has 98 valence electrons. The number of benzene rings is 1. The average Bonchev–Trinajstić information content (AvgIpc) is 2.88. The summed E-state index contributed by atoms with van der Waals surface area (Å²) >= 11 is 5.96. The zero-order valence-corrected chi connectivity index (χ0v) is 11.2. The number of nitrogens with two attached hydrogens (primary N) is 1. The second-order valence-corrected chi connectivity index (χ2v) is 5.06. The van der Waals surface area contributed by atoms with Crippen LogP contribution >= 0.6 is 11.6 Å². The summed E-state index contributed by atoms with van der Waals surface area (Å²) in [6.07, 6.45) is 2.26. The fourth-order valence-electron chi connectivity index (χ4n) is 2.63. The Morgan fingerprint density at radius 3 is 2.74 bits per heavy atom. The van der Waals surface area contributed by atoms with E-state index in [1.54, 1.807) is 6.07 Å². The Labute approximate surface area is 117 Å². The van der Waals surface area contributed by atoms with Gasteiger partial charge in [-0.1, -0.05) is 41.9 Å². The van der Waals surface area contributed by atoms with Gasteiger partial charge in [-0.15, -0.1) is 0 Å². The van der Waals surface area contributed by atoms with Crippen LogP contribution in [0, 0.1) is 0 Å².